The number of ether oxygens (including phenoxy) is 2. The van der Waals surface area contributed by atoms with E-state index in [-0.39, 0.29) is 12.3 Å². The van der Waals surface area contributed by atoms with Crippen LogP contribution in [0.5, 0.6) is 11.5 Å². The number of nitrogens with two attached hydrogens (primary N) is 1. The molecule has 1 unspecified atom stereocenters. The van der Waals surface area contributed by atoms with Gasteiger partial charge >= 0.3 is 5.97 Å². The van der Waals surface area contributed by atoms with Gasteiger partial charge < -0.3 is 20.3 Å². The van der Waals surface area contributed by atoms with Crippen molar-refractivity contribution in [2.75, 3.05) is 20.3 Å². The highest BCUT2D eigenvalue weighted by molar-refractivity contribution is 5.67. The van der Waals surface area contributed by atoms with Crippen LogP contribution in [0.15, 0.2) is 24.3 Å². The van der Waals surface area contributed by atoms with Crippen LogP contribution in [0.4, 0.5) is 0 Å². The smallest absolute Gasteiger partial charge is 0.303 e. The van der Waals surface area contributed by atoms with Crippen LogP contribution in [0.2, 0.25) is 0 Å². The van der Waals surface area contributed by atoms with Crippen LogP contribution in [0, 0.1) is 11.8 Å². The maximum Gasteiger partial charge on any atom is 0.303 e. The summed E-state index contributed by atoms with van der Waals surface area (Å²) in [4.78, 5) is 10.7. The fourth-order valence-electron chi connectivity index (χ4n) is 2.27. The van der Waals surface area contributed by atoms with Gasteiger partial charge in [-0.2, -0.15) is 0 Å². The topological polar surface area (TPSA) is 81.8 Å². The molecule has 118 valence electrons. The zero-order chi connectivity index (χ0) is 15.7. The minimum atomic E-state index is -0.787. The first kappa shape index (κ1) is 17.3. The Hall–Kier alpha value is -1.75. The molecule has 1 aromatic carbocycles. The summed E-state index contributed by atoms with van der Waals surface area (Å²) in [6.07, 6.45) is 1.81. The van der Waals surface area contributed by atoms with Crippen LogP contribution in [0.3, 0.4) is 0 Å². The molecule has 3 N–H and O–H groups in total. The highest BCUT2D eigenvalue weighted by atomic mass is 16.5. The zero-order valence-electron chi connectivity index (χ0n) is 12.7. The molecule has 0 fully saturated rings. The number of carboxylic acid groups (broad SMARTS) is 1. The maximum absolute atomic E-state index is 10.7. The molecular weight excluding hydrogens is 270 g/mol. The van der Waals surface area contributed by atoms with E-state index >= 15 is 0 Å². The van der Waals surface area contributed by atoms with Gasteiger partial charge in [-0.3, -0.25) is 4.79 Å². The molecule has 5 nitrogen and oxygen atoms in total. The molecule has 0 saturated heterocycles. The third-order valence-corrected chi connectivity index (χ3v) is 3.45. The lowest BCUT2D eigenvalue weighted by Crippen LogP contribution is -2.21. The fourth-order valence-corrected chi connectivity index (χ4v) is 2.27. The first-order chi connectivity index (χ1) is 10.0. The summed E-state index contributed by atoms with van der Waals surface area (Å²) in [7, 11) is 1.62. The zero-order valence-corrected chi connectivity index (χ0v) is 12.7. The Morgan fingerprint density at radius 2 is 2.10 bits per heavy atom. The first-order valence-corrected chi connectivity index (χ1v) is 7.23. The van der Waals surface area contributed by atoms with Crippen molar-refractivity contribution in [3.8, 4) is 11.5 Å². The van der Waals surface area contributed by atoms with E-state index in [4.69, 9.17) is 20.3 Å². The van der Waals surface area contributed by atoms with Gasteiger partial charge in [0.05, 0.1) is 13.7 Å². The second-order valence-electron chi connectivity index (χ2n) is 5.36. The molecule has 0 bridgehead atoms. The predicted molar refractivity (Wildman–Crippen MR) is 81.7 cm³/mol. The van der Waals surface area contributed by atoms with E-state index < -0.39 is 5.97 Å². The fraction of sp³-hybridized carbons (Fsp3) is 0.562. The molecule has 0 saturated carbocycles. The van der Waals surface area contributed by atoms with Gasteiger partial charge in [-0.25, -0.2) is 0 Å². The molecule has 0 aliphatic heterocycles. The summed E-state index contributed by atoms with van der Waals surface area (Å²) in [5, 5.41) is 8.81. The molecular formula is C16H25NO4. The Bertz CT molecular complexity index is 436. The molecule has 2 atom stereocenters. The Morgan fingerprint density at radius 1 is 1.38 bits per heavy atom. The van der Waals surface area contributed by atoms with Crippen LogP contribution in [-0.4, -0.2) is 31.3 Å². The highest BCUT2D eigenvalue weighted by Crippen LogP contribution is 2.21. The van der Waals surface area contributed by atoms with E-state index in [9.17, 15) is 4.79 Å². The number of hydrogen-bond acceptors (Lipinski definition) is 4. The van der Waals surface area contributed by atoms with Crippen LogP contribution >= 0.6 is 0 Å². The number of hydrogen-bond donors (Lipinski definition) is 2. The SMILES string of the molecule is COc1cccc(OCCC(C)C[C@H](CN)CC(=O)O)c1. The maximum atomic E-state index is 10.7. The molecule has 1 rings (SSSR count). The van der Waals surface area contributed by atoms with Gasteiger partial charge in [-0.05, 0) is 43.4 Å². The van der Waals surface area contributed by atoms with Crippen molar-refractivity contribution in [3.63, 3.8) is 0 Å². The van der Waals surface area contributed by atoms with E-state index in [1.807, 2.05) is 24.3 Å². The molecule has 0 heterocycles. The second kappa shape index (κ2) is 9.23. The van der Waals surface area contributed by atoms with E-state index in [1.54, 1.807) is 7.11 Å². The lowest BCUT2D eigenvalue weighted by molar-refractivity contribution is -0.138. The minimum absolute atomic E-state index is 0.0364. The van der Waals surface area contributed by atoms with Crippen LogP contribution in [0.25, 0.3) is 0 Å². The number of carbonyl (C=O) groups is 1. The lowest BCUT2D eigenvalue weighted by Gasteiger charge is -2.18. The quantitative estimate of drug-likeness (QED) is 0.693. The molecule has 0 aliphatic carbocycles. The number of aliphatic carboxylic acids is 1. The summed E-state index contributed by atoms with van der Waals surface area (Å²) >= 11 is 0. The number of carboxylic acids is 1. The monoisotopic (exact) mass is 295 g/mol. The number of methoxy groups -OCH3 is 1. The molecule has 1 aromatic rings. The summed E-state index contributed by atoms with van der Waals surface area (Å²) in [5.74, 6) is 1.18. The predicted octanol–water partition coefficient (Wildman–Crippen LogP) is 2.54. The average molecular weight is 295 g/mol. The lowest BCUT2D eigenvalue weighted by atomic mass is 9.91. The van der Waals surface area contributed by atoms with E-state index in [0.29, 0.717) is 19.1 Å². The highest BCUT2D eigenvalue weighted by Gasteiger charge is 2.15. The Balaban J connectivity index is 2.32. The molecule has 0 aliphatic rings. The Kier molecular flexibility index (Phi) is 7.61. The molecule has 5 heteroatoms. The van der Waals surface area contributed by atoms with Crippen molar-refractivity contribution >= 4 is 5.97 Å². The van der Waals surface area contributed by atoms with E-state index in [1.165, 1.54) is 0 Å². The van der Waals surface area contributed by atoms with Gasteiger partial charge in [-0.1, -0.05) is 13.0 Å². The third kappa shape index (κ3) is 6.99. The molecule has 0 radical (unpaired) electrons. The van der Waals surface area contributed by atoms with Gasteiger partial charge in [0.2, 0.25) is 0 Å². The van der Waals surface area contributed by atoms with E-state index in [2.05, 4.69) is 6.92 Å². The Labute approximate surface area is 126 Å². The molecule has 0 amide bonds. The van der Waals surface area contributed by atoms with Crippen LogP contribution < -0.4 is 15.2 Å². The molecule has 21 heavy (non-hydrogen) atoms. The molecule has 0 spiro atoms. The summed E-state index contributed by atoms with van der Waals surface area (Å²) < 4.78 is 10.8. The Morgan fingerprint density at radius 3 is 2.71 bits per heavy atom. The van der Waals surface area contributed by atoms with Gasteiger partial charge in [0.1, 0.15) is 11.5 Å². The third-order valence-electron chi connectivity index (χ3n) is 3.45. The second-order valence-corrected chi connectivity index (χ2v) is 5.36. The summed E-state index contributed by atoms with van der Waals surface area (Å²) in [5.41, 5.74) is 5.61. The van der Waals surface area contributed by atoms with E-state index in [0.717, 1.165) is 24.3 Å². The van der Waals surface area contributed by atoms with Crippen LogP contribution in [-0.2, 0) is 4.79 Å². The summed E-state index contributed by atoms with van der Waals surface area (Å²) in [6, 6.07) is 7.49. The number of rotatable bonds is 10. The van der Waals surface area contributed by atoms with Gasteiger partial charge in [0.25, 0.3) is 0 Å². The minimum Gasteiger partial charge on any atom is -0.497 e. The van der Waals surface area contributed by atoms with Crippen molar-refractivity contribution in [2.45, 2.75) is 26.2 Å². The molecule has 0 aromatic heterocycles. The van der Waals surface area contributed by atoms with Crippen molar-refractivity contribution in [1.82, 2.24) is 0 Å². The number of benzene rings is 1. The van der Waals surface area contributed by atoms with Crippen molar-refractivity contribution < 1.29 is 19.4 Å². The largest absolute Gasteiger partial charge is 0.497 e. The van der Waals surface area contributed by atoms with Gasteiger partial charge in [0.15, 0.2) is 0 Å². The van der Waals surface area contributed by atoms with Crippen LogP contribution in [0.1, 0.15) is 26.2 Å². The standard InChI is InChI=1S/C16H25NO4/c1-12(8-13(11-17)9-16(18)19)6-7-21-15-5-3-4-14(10-15)20-2/h3-5,10,12-13H,6-9,11,17H2,1-2H3,(H,18,19)/t12?,13-/m0/s1. The normalized spacial score (nSPS) is 13.5. The van der Waals surface area contributed by atoms with Crippen molar-refractivity contribution in [2.24, 2.45) is 17.6 Å². The first-order valence-electron chi connectivity index (χ1n) is 7.23. The van der Waals surface area contributed by atoms with Crippen molar-refractivity contribution in [1.29, 1.82) is 0 Å². The summed E-state index contributed by atoms with van der Waals surface area (Å²) in [6.45, 7) is 3.10. The van der Waals surface area contributed by atoms with Gasteiger partial charge in [-0.15, -0.1) is 0 Å². The average Bonchev–Trinajstić information content (AvgIpc) is 2.46. The van der Waals surface area contributed by atoms with Gasteiger partial charge in [0, 0.05) is 12.5 Å². The van der Waals surface area contributed by atoms with Crippen molar-refractivity contribution in [3.05, 3.63) is 24.3 Å².